The Labute approximate surface area is 76.5 Å². The summed E-state index contributed by atoms with van der Waals surface area (Å²) in [6.07, 6.45) is 1.50. The molecule has 4 N–H and O–H groups in total. The number of carbonyl (C=O) groups is 3. The molecule has 1 saturated heterocycles. The highest BCUT2D eigenvalue weighted by atomic mass is 16.2. The van der Waals surface area contributed by atoms with E-state index < -0.39 is 17.8 Å². The number of amides is 4. The Kier molecular flexibility index (Phi) is 8.42. The third kappa shape index (κ3) is 7.48. The summed E-state index contributed by atoms with van der Waals surface area (Å²) in [6.45, 7) is 0. The summed E-state index contributed by atoms with van der Waals surface area (Å²) in [6, 6.07) is -0.750. The van der Waals surface area contributed by atoms with E-state index in [2.05, 4.69) is 0 Å². The van der Waals surface area contributed by atoms with Gasteiger partial charge in [0.15, 0.2) is 0 Å². The second-order valence-corrected chi connectivity index (χ2v) is 1.44. The zero-order valence-corrected chi connectivity index (χ0v) is 6.54. The average molecular weight is 200 g/mol. The molecule has 14 heavy (non-hydrogen) atoms. The Morgan fingerprint density at radius 2 is 1.07 bits per heavy atom. The van der Waals surface area contributed by atoms with E-state index in [-0.39, 0.29) is 0 Å². The van der Waals surface area contributed by atoms with E-state index in [1.807, 2.05) is 0 Å². The summed E-state index contributed by atoms with van der Waals surface area (Å²) in [5.74, 6) is -1.79. The van der Waals surface area contributed by atoms with Crippen LogP contribution in [0.4, 0.5) is 4.79 Å². The summed E-state index contributed by atoms with van der Waals surface area (Å²) in [5.41, 5.74) is 0. The third-order valence-corrected chi connectivity index (χ3v) is 0.660. The van der Waals surface area contributed by atoms with E-state index in [1.165, 1.54) is 0 Å². The number of carbonyl (C=O) groups excluding carboxylic acids is 5. The zero-order chi connectivity index (χ0) is 11.6. The van der Waals surface area contributed by atoms with Crippen LogP contribution in [0.5, 0.6) is 0 Å². The van der Waals surface area contributed by atoms with Gasteiger partial charge in [0.2, 0.25) is 12.2 Å². The van der Waals surface area contributed by atoms with Gasteiger partial charge in [-0.25, -0.2) is 25.2 Å². The van der Waals surface area contributed by atoms with Gasteiger partial charge in [-0.15, -0.1) is 0 Å². The first-order valence-corrected chi connectivity index (χ1v) is 2.77. The lowest BCUT2D eigenvalue weighted by atomic mass is 10.6. The minimum absolute atomic E-state index is 0.750. The molecule has 0 aromatic carbocycles. The van der Waals surface area contributed by atoms with Crippen LogP contribution in [-0.4, -0.2) is 30.0 Å². The lowest BCUT2D eigenvalue weighted by molar-refractivity contribution is -0.135. The van der Waals surface area contributed by atoms with Crippen molar-refractivity contribution >= 4 is 30.0 Å². The molecule has 0 atom stereocenters. The van der Waals surface area contributed by atoms with Gasteiger partial charge in [0.05, 0.1) is 0 Å². The van der Waals surface area contributed by atoms with E-state index in [9.17, 15) is 14.4 Å². The van der Waals surface area contributed by atoms with Crippen molar-refractivity contribution in [3.63, 3.8) is 0 Å². The van der Waals surface area contributed by atoms with Gasteiger partial charge < -0.3 is 0 Å². The third-order valence-electron chi connectivity index (χ3n) is 0.660. The number of nitrogens with one attached hydrogen (secondary N) is 4. The highest BCUT2D eigenvalue weighted by molar-refractivity contribution is 6.44. The van der Waals surface area contributed by atoms with Crippen molar-refractivity contribution in [2.75, 3.05) is 0 Å². The predicted molar refractivity (Wildman–Crippen MR) is 38.5 cm³/mol. The molecule has 1 fully saturated rings. The Morgan fingerprint density at radius 1 is 0.857 bits per heavy atom. The Morgan fingerprint density at radius 3 is 1.14 bits per heavy atom. The summed E-state index contributed by atoms with van der Waals surface area (Å²) in [4.78, 5) is 46.8. The van der Waals surface area contributed by atoms with Crippen LogP contribution in [0.15, 0.2) is 0 Å². The largest absolute Gasteiger partial charge is 0.328 e. The van der Waals surface area contributed by atoms with Crippen molar-refractivity contribution in [3.05, 3.63) is 0 Å². The molecular formula is C5H4N4O5. The van der Waals surface area contributed by atoms with Gasteiger partial charge in [-0.05, 0) is 0 Å². The summed E-state index contributed by atoms with van der Waals surface area (Å²) < 4.78 is 0. The minimum atomic E-state index is -0.894. The van der Waals surface area contributed by atoms with Crippen molar-refractivity contribution in [1.82, 2.24) is 10.6 Å². The van der Waals surface area contributed by atoms with E-state index in [1.54, 1.807) is 10.6 Å². The monoisotopic (exact) mass is 200 g/mol. The molecule has 1 rings (SSSR count). The van der Waals surface area contributed by atoms with E-state index in [4.69, 9.17) is 20.4 Å². The molecule has 0 unspecified atom stereocenters. The van der Waals surface area contributed by atoms with Gasteiger partial charge in [0, 0.05) is 0 Å². The quantitative estimate of drug-likeness (QED) is 0.156. The van der Waals surface area contributed by atoms with Gasteiger partial charge in [0.1, 0.15) is 0 Å². The fourth-order valence-electron chi connectivity index (χ4n) is 0.351. The molecule has 9 heteroatoms. The van der Waals surface area contributed by atoms with Gasteiger partial charge in [-0.2, -0.15) is 0 Å². The number of rotatable bonds is 0. The van der Waals surface area contributed by atoms with Crippen LogP contribution >= 0.6 is 0 Å². The maximum absolute atomic E-state index is 10.0. The van der Waals surface area contributed by atoms with Gasteiger partial charge >= 0.3 is 17.8 Å². The molecule has 0 spiro atoms. The van der Waals surface area contributed by atoms with Crippen molar-refractivity contribution in [2.24, 2.45) is 0 Å². The zero-order valence-electron chi connectivity index (χ0n) is 6.54. The fraction of sp³-hybridized carbons (Fsp3) is 0. The highest BCUT2D eigenvalue weighted by Crippen LogP contribution is 1.77. The van der Waals surface area contributed by atoms with Gasteiger partial charge in [-0.3, -0.25) is 20.2 Å². The Hall–Kier alpha value is -2.63. The van der Waals surface area contributed by atoms with E-state index in [0.29, 0.717) is 0 Å². The number of isocyanates is 2. The number of hydrogen-bond donors (Lipinski definition) is 4. The fourth-order valence-corrected chi connectivity index (χ4v) is 0.351. The molecule has 0 saturated carbocycles. The van der Waals surface area contributed by atoms with Crippen molar-refractivity contribution < 1.29 is 24.0 Å². The molecule has 1 aliphatic heterocycles. The van der Waals surface area contributed by atoms with Crippen molar-refractivity contribution in [2.45, 2.75) is 0 Å². The molecule has 0 aromatic heterocycles. The van der Waals surface area contributed by atoms with Crippen LogP contribution in [0, 0.1) is 10.8 Å². The molecule has 4 amide bonds. The molecule has 1 aliphatic rings. The van der Waals surface area contributed by atoms with Crippen LogP contribution in [0.25, 0.3) is 0 Å². The van der Waals surface area contributed by atoms with Crippen LogP contribution < -0.4 is 10.6 Å². The smallest absolute Gasteiger partial charge is 0.269 e. The molecule has 9 nitrogen and oxygen atoms in total. The van der Waals surface area contributed by atoms with E-state index in [0.717, 1.165) is 12.2 Å². The lowest BCUT2D eigenvalue weighted by Crippen LogP contribution is -2.22. The SMILES string of the molecule is N=C=O.N=C=O.O=C1NC(=O)C(=O)N1. The summed E-state index contributed by atoms with van der Waals surface area (Å²) in [5, 5.41) is 14.3. The van der Waals surface area contributed by atoms with Crippen molar-refractivity contribution in [3.8, 4) is 0 Å². The lowest BCUT2D eigenvalue weighted by Gasteiger charge is -1.76. The molecular weight excluding hydrogens is 196 g/mol. The normalized spacial score (nSPS) is 11.6. The molecule has 1 heterocycles. The number of urea groups is 1. The second-order valence-electron chi connectivity index (χ2n) is 1.44. The van der Waals surface area contributed by atoms with Crippen LogP contribution in [0.2, 0.25) is 0 Å². The van der Waals surface area contributed by atoms with E-state index >= 15 is 0 Å². The predicted octanol–water partition coefficient (Wildman–Crippen LogP) is -1.85. The first-order valence-electron chi connectivity index (χ1n) is 2.77. The Bertz CT molecular complexity index is 280. The average Bonchev–Trinajstić information content (AvgIpc) is 2.32. The molecule has 74 valence electrons. The van der Waals surface area contributed by atoms with Crippen LogP contribution in [0.1, 0.15) is 0 Å². The molecule has 0 radical (unpaired) electrons. The van der Waals surface area contributed by atoms with Gasteiger partial charge in [0.25, 0.3) is 0 Å². The van der Waals surface area contributed by atoms with Crippen molar-refractivity contribution in [1.29, 1.82) is 10.8 Å². The van der Waals surface area contributed by atoms with Gasteiger partial charge in [-0.1, -0.05) is 0 Å². The summed E-state index contributed by atoms with van der Waals surface area (Å²) >= 11 is 0. The Balaban J connectivity index is 0. The second kappa shape index (κ2) is 8.47. The maximum atomic E-state index is 10.0. The standard InChI is InChI=1S/C3H2N2O3.2CHNO/c6-1-2(7)5-3(8)4-1;2*2-1-3/h(H2,4,5,6,7,8);2*2H. The highest BCUT2D eigenvalue weighted by Gasteiger charge is 2.25. The topological polar surface area (TPSA) is 157 Å². The molecule has 0 aromatic rings. The first kappa shape index (κ1) is 13.9. The molecule has 0 aliphatic carbocycles. The summed E-state index contributed by atoms with van der Waals surface area (Å²) in [7, 11) is 0. The number of hydrogen-bond acceptors (Lipinski definition) is 7. The first-order chi connectivity index (χ1) is 6.53. The minimum Gasteiger partial charge on any atom is -0.269 e. The van der Waals surface area contributed by atoms with Crippen LogP contribution in [0.3, 0.4) is 0 Å². The maximum Gasteiger partial charge on any atom is 0.328 e. The molecule has 0 bridgehead atoms. The number of imide groups is 2. The van der Waals surface area contributed by atoms with Crippen LogP contribution in [-0.2, 0) is 19.2 Å².